The minimum absolute atomic E-state index is 0.0576. The van der Waals surface area contributed by atoms with Crippen molar-refractivity contribution < 1.29 is 9.18 Å². The van der Waals surface area contributed by atoms with Crippen LogP contribution in [-0.2, 0) is 14.1 Å². The summed E-state index contributed by atoms with van der Waals surface area (Å²) in [5, 5.41) is 2.43. The predicted molar refractivity (Wildman–Crippen MR) is 109 cm³/mol. The molecule has 0 aliphatic rings. The number of carbonyl (C=O) groups is 1. The summed E-state index contributed by atoms with van der Waals surface area (Å²) in [7, 11) is 2.70. The van der Waals surface area contributed by atoms with Gasteiger partial charge in [-0.25, -0.2) is 9.18 Å². The fourth-order valence-electron chi connectivity index (χ4n) is 2.89. The SMILES string of the molecule is Cc1c(Br)cccc1-c1cccc(NC(=O)c2cn(C)c(=O)n(C)c2=O)c1F. The van der Waals surface area contributed by atoms with Crippen molar-refractivity contribution in [3.05, 3.63) is 84.8 Å². The van der Waals surface area contributed by atoms with Gasteiger partial charge < -0.3 is 9.88 Å². The summed E-state index contributed by atoms with van der Waals surface area (Å²) in [6.07, 6.45) is 1.14. The van der Waals surface area contributed by atoms with Crippen LogP contribution < -0.4 is 16.6 Å². The first-order valence-electron chi connectivity index (χ1n) is 8.34. The number of nitrogens with one attached hydrogen (secondary N) is 1. The van der Waals surface area contributed by atoms with E-state index in [-0.39, 0.29) is 11.3 Å². The molecular formula is C20H17BrFN3O3. The van der Waals surface area contributed by atoms with Gasteiger partial charge in [-0.1, -0.05) is 40.2 Å². The molecule has 0 unspecified atom stereocenters. The summed E-state index contributed by atoms with van der Waals surface area (Å²) < 4.78 is 17.9. The van der Waals surface area contributed by atoms with Crippen molar-refractivity contribution in [1.29, 1.82) is 0 Å². The van der Waals surface area contributed by atoms with Crippen molar-refractivity contribution in [2.75, 3.05) is 5.32 Å². The summed E-state index contributed by atoms with van der Waals surface area (Å²) in [5.74, 6) is -1.41. The van der Waals surface area contributed by atoms with Gasteiger partial charge in [-0.2, -0.15) is 0 Å². The maximum atomic E-state index is 15.1. The monoisotopic (exact) mass is 445 g/mol. The lowest BCUT2D eigenvalue weighted by atomic mass is 9.99. The van der Waals surface area contributed by atoms with Gasteiger partial charge in [0, 0.05) is 30.3 Å². The Morgan fingerprint density at radius 1 is 1.07 bits per heavy atom. The minimum Gasteiger partial charge on any atom is -0.319 e. The van der Waals surface area contributed by atoms with Crippen LogP contribution in [0.2, 0.25) is 0 Å². The molecule has 2 aromatic carbocycles. The van der Waals surface area contributed by atoms with Crippen molar-refractivity contribution in [1.82, 2.24) is 9.13 Å². The number of nitrogens with zero attached hydrogens (tertiary/aromatic N) is 2. The smallest absolute Gasteiger partial charge is 0.319 e. The van der Waals surface area contributed by atoms with Crippen LogP contribution in [0.3, 0.4) is 0 Å². The van der Waals surface area contributed by atoms with Crippen molar-refractivity contribution in [2.45, 2.75) is 6.92 Å². The number of hydrogen-bond acceptors (Lipinski definition) is 3. The first kappa shape index (κ1) is 19.8. The maximum Gasteiger partial charge on any atom is 0.330 e. The second-order valence-corrected chi connectivity index (χ2v) is 7.19. The van der Waals surface area contributed by atoms with E-state index in [9.17, 15) is 14.4 Å². The van der Waals surface area contributed by atoms with Crippen LogP contribution in [0.25, 0.3) is 11.1 Å². The quantitative estimate of drug-likeness (QED) is 0.672. The molecule has 0 aliphatic heterocycles. The highest BCUT2D eigenvalue weighted by Crippen LogP contribution is 2.33. The summed E-state index contributed by atoms with van der Waals surface area (Å²) >= 11 is 3.43. The Morgan fingerprint density at radius 2 is 1.71 bits per heavy atom. The topological polar surface area (TPSA) is 73.1 Å². The number of aryl methyl sites for hydroxylation is 1. The summed E-state index contributed by atoms with van der Waals surface area (Å²) in [6.45, 7) is 1.86. The summed E-state index contributed by atoms with van der Waals surface area (Å²) in [5.41, 5.74) is 0.244. The lowest BCUT2D eigenvalue weighted by Crippen LogP contribution is -2.40. The first-order chi connectivity index (χ1) is 13.2. The average molecular weight is 446 g/mol. The van der Waals surface area contributed by atoms with E-state index in [1.807, 2.05) is 13.0 Å². The Kier molecular flexibility index (Phi) is 5.33. The van der Waals surface area contributed by atoms with Gasteiger partial charge in [-0.15, -0.1) is 0 Å². The number of benzene rings is 2. The molecule has 1 heterocycles. The standard InChI is InChI=1S/C20H17BrFN3O3/c1-11-12(6-4-8-15(11)21)13-7-5-9-16(17(13)22)23-18(26)14-10-24(2)20(28)25(3)19(14)27/h4-10H,1-3H3,(H,23,26). The number of aromatic nitrogens is 2. The van der Waals surface area contributed by atoms with Crippen molar-refractivity contribution in [3.63, 3.8) is 0 Å². The molecule has 0 saturated heterocycles. The number of carbonyl (C=O) groups excluding carboxylic acids is 1. The number of halogens is 2. The molecule has 6 nitrogen and oxygen atoms in total. The van der Waals surface area contributed by atoms with Gasteiger partial charge in [-0.3, -0.25) is 14.2 Å². The molecule has 28 heavy (non-hydrogen) atoms. The fourth-order valence-corrected chi connectivity index (χ4v) is 3.26. The molecule has 3 rings (SSSR count). The Balaban J connectivity index is 2.03. The lowest BCUT2D eigenvalue weighted by Gasteiger charge is -2.13. The fraction of sp³-hybridized carbons (Fsp3) is 0.150. The van der Waals surface area contributed by atoms with Crippen LogP contribution in [0.5, 0.6) is 0 Å². The van der Waals surface area contributed by atoms with Crippen LogP contribution in [0, 0.1) is 12.7 Å². The van der Waals surface area contributed by atoms with Gasteiger partial charge in [0.15, 0.2) is 5.82 Å². The minimum atomic E-state index is -0.793. The molecule has 0 radical (unpaired) electrons. The van der Waals surface area contributed by atoms with E-state index in [4.69, 9.17) is 0 Å². The van der Waals surface area contributed by atoms with E-state index < -0.39 is 23.0 Å². The average Bonchev–Trinajstić information content (AvgIpc) is 2.67. The second kappa shape index (κ2) is 7.55. The Morgan fingerprint density at radius 3 is 2.43 bits per heavy atom. The van der Waals surface area contributed by atoms with E-state index in [0.717, 1.165) is 25.4 Å². The first-order valence-corrected chi connectivity index (χ1v) is 9.13. The number of anilines is 1. The number of hydrogen-bond donors (Lipinski definition) is 1. The molecule has 8 heteroatoms. The molecule has 1 amide bonds. The zero-order valence-corrected chi connectivity index (χ0v) is 17.0. The molecule has 0 bridgehead atoms. The van der Waals surface area contributed by atoms with E-state index in [2.05, 4.69) is 21.2 Å². The van der Waals surface area contributed by atoms with Crippen LogP contribution in [0.4, 0.5) is 10.1 Å². The molecule has 0 fully saturated rings. The Bertz CT molecular complexity index is 1210. The predicted octanol–water partition coefficient (Wildman–Crippen LogP) is 3.21. The molecule has 0 atom stereocenters. The third-order valence-electron chi connectivity index (χ3n) is 4.50. The Hall–Kier alpha value is -3.00. The van der Waals surface area contributed by atoms with E-state index in [0.29, 0.717) is 11.1 Å². The zero-order chi connectivity index (χ0) is 20.6. The largest absolute Gasteiger partial charge is 0.330 e. The van der Waals surface area contributed by atoms with Crippen LogP contribution >= 0.6 is 15.9 Å². The Labute approximate surface area is 168 Å². The number of rotatable bonds is 3. The second-order valence-electron chi connectivity index (χ2n) is 6.33. The molecule has 3 aromatic rings. The molecule has 0 spiro atoms. The van der Waals surface area contributed by atoms with E-state index in [1.165, 1.54) is 20.2 Å². The molecule has 1 N–H and O–H groups in total. The highest BCUT2D eigenvalue weighted by atomic mass is 79.9. The summed E-state index contributed by atoms with van der Waals surface area (Å²) in [4.78, 5) is 36.5. The highest BCUT2D eigenvalue weighted by molar-refractivity contribution is 9.10. The van der Waals surface area contributed by atoms with E-state index in [1.54, 1.807) is 24.3 Å². The third kappa shape index (κ3) is 3.43. The van der Waals surface area contributed by atoms with Gasteiger partial charge in [0.25, 0.3) is 11.5 Å². The van der Waals surface area contributed by atoms with Crippen LogP contribution in [-0.4, -0.2) is 15.0 Å². The van der Waals surface area contributed by atoms with Crippen LogP contribution in [0.1, 0.15) is 15.9 Å². The maximum absolute atomic E-state index is 15.1. The molecule has 144 valence electrons. The van der Waals surface area contributed by atoms with Crippen molar-refractivity contribution in [3.8, 4) is 11.1 Å². The normalized spacial score (nSPS) is 10.8. The lowest BCUT2D eigenvalue weighted by molar-refractivity contribution is 0.102. The van der Waals surface area contributed by atoms with Gasteiger partial charge in [0.2, 0.25) is 0 Å². The van der Waals surface area contributed by atoms with Gasteiger partial charge in [0.1, 0.15) is 5.56 Å². The summed E-state index contributed by atoms with van der Waals surface area (Å²) in [6, 6.07) is 10.1. The van der Waals surface area contributed by atoms with Gasteiger partial charge in [-0.05, 0) is 30.2 Å². The molecule has 0 aliphatic carbocycles. The zero-order valence-electron chi connectivity index (χ0n) is 15.4. The number of amides is 1. The van der Waals surface area contributed by atoms with Crippen molar-refractivity contribution >= 4 is 27.5 Å². The highest BCUT2D eigenvalue weighted by Gasteiger charge is 2.18. The third-order valence-corrected chi connectivity index (χ3v) is 5.35. The van der Waals surface area contributed by atoms with E-state index >= 15 is 4.39 Å². The van der Waals surface area contributed by atoms with Crippen molar-refractivity contribution in [2.24, 2.45) is 14.1 Å². The molecule has 1 aromatic heterocycles. The molecule has 0 saturated carbocycles. The van der Waals surface area contributed by atoms with Crippen LogP contribution in [0.15, 0.2) is 56.7 Å². The molecular weight excluding hydrogens is 429 g/mol. The van der Waals surface area contributed by atoms with Gasteiger partial charge in [0.05, 0.1) is 5.69 Å². The van der Waals surface area contributed by atoms with Gasteiger partial charge >= 0.3 is 5.69 Å².